The van der Waals surface area contributed by atoms with Crippen molar-refractivity contribution in [3.63, 3.8) is 0 Å². The average molecular weight is 359 g/mol. The predicted molar refractivity (Wildman–Crippen MR) is 97.8 cm³/mol. The van der Waals surface area contributed by atoms with Crippen LogP contribution in [0.25, 0.3) is 0 Å². The lowest BCUT2D eigenvalue weighted by atomic mass is 10.2. The standard InChI is InChI=1S/C19H25N3O4/c1-13-6-8-16(9-7-13)26-12-14(2)21-19(24)22-15(3)18(23)20-11-17-5-4-10-25-17/h4-10,14-15H,11-12H2,1-3H3,(H,20,23)(H2,21,22,24)/t14-,15+/m1/s1. The van der Waals surface area contributed by atoms with Gasteiger partial charge in [0, 0.05) is 0 Å². The first-order valence-corrected chi connectivity index (χ1v) is 8.50. The lowest BCUT2D eigenvalue weighted by Gasteiger charge is -2.18. The Labute approximate surface area is 153 Å². The van der Waals surface area contributed by atoms with Crippen molar-refractivity contribution in [3.8, 4) is 5.75 Å². The molecule has 0 fully saturated rings. The minimum Gasteiger partial charge on any atom is -0.491 e. The van der Waals surface area contributed by atoms with Gasteiger partial charge in [0.1, 0.15) is 24.2 Å². The van der Waals surface area contributed by atoms with Gasteiger partial charge in [0.2, 0.25) is 5.91 Å². The molecular formula is C19H25N3O4. The van der Waals surface area contributed by atoms with Gasteiger partial charge in [-0.1, -0.05) is 17.7 Å². The highest BCUT2D eigenvalue weighted by molar-refractivity contribution is 5.86. The number of carbonyl (C=O) groups excluding carboxylic acids is 2. The fourth-order valence-corrected chi connectivity index (χ4v) is 2.17. The molecule has 140 valence electrons. The molecular weight excluding hydrogens is 334 g/mol. The summed E-state index contributed by atoms with van der Waals surface area (Å²) in [5.41, 5.74) is 1.15. The van der Waals surface area contributed by atoms with Crippen molar-refractivity contribution in [2.45, 2.75) is 39.4 Å². The zero-order valence-corrected chi connectivity index (χ0v) is 15.2. The Bertz CT molecular complexity index is 698. The number of nitrogens with one attached hydrogen (secondary N) is 3. The van der Waals surface area contributed by atoms with Crippen molar-refractivity contribution in [3.05, 3.63) is 54.0 Å². The number of benzene rings is 1. The predicted octanol–water partition coefficient (Wildman–Crippen LogP) is 2.36. The maximum absolute atomic E-state index is 12.0. The highest BCUT2D eigenvalue weighted by atomic mass is 16.5. The van der Waals surface area contributed by atoms with Crippen LogP contribution in [0.5, 0.6) is 5.75 Å². The van der Waals surface area contributed by atoms with E-state index in [1.807, 2.05) is 38.1 Å². The maximum Gasteiger partial charge on any atom is 0.315 e. The van der Waals surface area contributed by atoms with Crippen LogP contribution in [0, 0.1) is 6.92 Å². The maximum atomic E-state index is 12.0. The summed E-state index contributed by atoms with van der Waals surface area (Å²) < 4.78 is 10.8. The molecule has 0 unspecified atom stereocenters. The highest BCUT2D eigenvalue weighted by Crippen LogP contribution is 2.11. The molecule has 3 N–H and O–H groups in total. The van der Waals surface area contributed by atoms with E-state index in [0.717, 1.165) is 11.3 Å². The van der Waals surface area contributed by atoms with E-state index in [-0.39, 0.29) is 18.5 Å². The van der Waals surface area contributed by atoms with Crippen LogP contribution >= 0.6 is 0 Å². The molecule has 0 aliphatic carbocycles. The fraction of sp³-hybridized carbons (Fsp3) is 0.368. The molecule has 0 bridgehead atoms. The zero-order chi connectivity index (χ0) is 18.9. The van der Waals surface area contributed by atoms with Crippen LogP contribution in [0.3, 0.4) is 0 Å². The Morgan fingerprint density at radius 2 is 1.85 bits per heavy atom. The Hall–Kier alpha value is -2.96. The van der Waals surface area contributed by atoms with Crippen molar-refractivity contribution < 1.29 is 18.7 Å². The molecule has 1 aromatic heterocycles. The summed E-state index contributed by atoms with van der Waals surface area (Å²) in [4.78, 5) is 24.0. The molecule has 7 nitrogen and oxygen atoms in total. The van der Waals surface area contributed by atoms with Crippen LogP contribution < -0.4 is 20.7 Å². The third kappa shape index (κ3) is 6.51. The second-order valence-corrected chi connectivity index (χ2v) is 6.16. The molecule has 0 radical (unpaired) electrons. The summed E-state index contributed by atoms with van der Waals surface area (Å²) in [5.74, 6) is 1.10. The number of ether oxygens (including phenoxy) is 1. The minimum atomic E-state index is -0.671. The molecule has 26 heavy (non-hydrogen) atoms. The van der Waals surface area contributed by atoms with E-state index in [4.69, 9.17) is 9.15 Å². The van der Waals surface area contributed by atoms with Crippen LogP contribution in [0.2, 0.25) is 0 Å². The number of hydrogen-bond donors (Lipinski definition) is 3. The van der Waals surface area contributed by atoms with Crippen molar-refractivity contribution in [2.24, 2.45) is 0 Å². The van der Waals surface area contributed by atoms with Gasteiger partial charge in [0.05, 0.1) is 18.8 Å². The molecule has 0 aliphatic rings. The number of hydrogen-bond acceptors (Lipinski definition) is 4. The SMILES string of the molecule is Cc1ccc(OC[C@@H](C)NC(=O)N[C@@H](C)C(=O)NCc2ccco2)cc1. The van der Waals surface area contributed by atoms with E-state index in [1.165, 1.54) is 6.26 Å². The molecule has 2 aromatic rings. The molecule has 1 heterocycles. The second kappa shape index (κ2) is 9.50. The van der Waals surface area contributed by atoms with Crippen LogP contribution in [-0.2, 0) is 11.3 Å². The number of aryl methyl sites for hydroxylation is 1. The van der Waals surface area contributed by atoms with Gasteiger partial charge in [-0.05, 0) is 45.0 Å². The number of urea groups is 1. The van der Waals surface area contributed by atoms with Gasteiger partial charge in [-0.25, -0.2) is 4.79 Å². The molecule has 7 heteroatoms. The second-order valence-electron chi connectivity index (χ2n) is 6.16. The van der Waals surface area contributed by atoms with Gasteiger partial charge < -0.3 is 25.1 Å². The summed E-state index contributed by atoms with van der Waals surface area (Å²) in [6, 6.07) is 9.89. The van der Waals surface area contributed by atoms with Crippen LogP contribution in [0.1, 0.15) is 25.2 Å². The van der Waals surface area contributed by atoms with Crippen molar-refractivity contribution >= 4 is 11.9 Å². The quantitative estimate of drug-likeness (QED) is 0.675. The zero-order valence-electron chi connectivity index (χ0n) is 15.2. The van der Waals surface area contributed by atoms with E-state index >= 15 is 0 Å². The fourth-order valence-electron chi connectivity index (χ4n) is 2.17. The van der Waals surface area contributed by atoms with Gasteiger partial charge in [0.15, 0.2) is 0 Å². The van der Waals surface area contributed by atoms with E-state index in [9.17, 15) is 9.59 Å². The lowest BCUT2D eigenvalue weighted by Crippen LogP contribution is -2.51. The third-order valence-corrected chi connectivity index (χ3v) is 3.66. The largest absolute Gasteiger partial charge is 0.491 e. The molecule has 2 rings (SSSR count). The van der Waals surface area contributed by atoms with Crippen LogP contribution in [-0.4, -0.2) is 30.6 Å². The number of rotatable bonds is 8. The van der Waals surface area contributed by atoms with Crippen molar-refractivity contribution in [1.82, 2.24) is 16.0 Å². The Morgan fingerprint density at radius 1 is 1.12 bits per heavy atom. The third-order valence-electron chi connectivity index (χ3n) is 3.66. The monoisotopic (exact) mass is 359 g/mol. The first kappa shape index (κ1) is 19.4. The minimum absolute atomic E-state index is 0.213. The molecule has 3 amide bonds. The lowest BCUT2D eigenvalue weighted by molar-refractivity contribution is -0.122. The molecule has 0 saturated carbocycles. The van der Waals surface area contributed by atoms with E-state index < -0.39 is 12.1 Å². The molecule has 1 aromatic carbocycles. The number of furan rings is 1. The normalized spacial score (nSPS) is 12.7. The molecule has 0 aliphatic heterocycles. The van der Waals surface area contributed by atoms with Crippen LogP contribution in [0.4, 0.5) is 4.79 Å². The first-order valence-electron chi connectivity index (χ1n) is 8.50. The Balaban J connectivity index is 1.67. The summed E-state index contributed by atoms with van der Waals surface area (Å²) in [6.07, 6.45) is 1.54. The number of carbonyl (C=O) groups is 2. The van der Waals surface area contributed by atoms with Crippen molar-refractivity contribution in [2.75, 3.05) is 6.61 Å². The average Bonchev–Trinajstić information content (AvgIpc) is 3.12. The first-order chi connectivity index (χ1) is 12.4. The molecule has 0 saturated heterocycles. The summed E-state index contributed by atoms with van der Waals surface area (Å²) >= 11 is 0. The highest BCUT2D eigenvalue weighted by Gasteiger charge is 2.17. The Morgan fingerprint density at radius 3 is 2.50 bits per heavy atom. The summed E-state index contributed by atoms with van der Waals surface area (Å²) in [7, 11) is 0. The van der Waals surface area contributed by atoms with Gasteiger partial charge in [-0.3, -0.25) is 4.79 Å². The van der Waals surface area contributed by atoms with E-state index in [0.29, 0.717) is 12.4 Å². The summed E-state index contributed by atoms with van der Waals surface area (Å²) in [6.45, 7) is 6.06. The molecule has 0 spiro atoms. The van der Waals surface area contributed by atoms with Gasteiger partial charge in [-0.2, -0.15) is 0 Å². The summed E-state index contributed by atoms with van der Waals surface area (Å²) in [5, 5.41) is 8.04. The van der Waals surface area contributed by atoms with Gasteiger partial charge >= 0.3 is 6.03 Å². The smallest absolute Gasteiger partial charge is 0.315 e. The Kier molecular flexibility index (Phi) is 7.08. The molecule has 2 atom stereocenters. The van der Waals surface area contributed by atoms with Crippen LogP contribution in [0.15, 0.2) is 47.1 Å². The van der Waals surface area contributed by atoms with Gasteiger partial charge in [0.25, 0.3) is 0 Å². The van der Waals surface area contributed by atoms with Gasteiger partial charge in [-0.15, -0.1) is 0 Å². The topological polar surface area (TPSA) is 92.6 Å². The number of amides is 3. The van der Waals surface area contributed by atoms with E-state index in [2.05, 4.69) is 16.0 Å². The van der Waals surface area contributed by atoms with E-state index in [1.54, 1.807) is 19.1 Å². The van der Waals surface area contributed by atoms with Crippen molar-refractivity contribution in [1.29, 1.82) is 0 Å².